The van der Waals surface area contributed by atoms with Crippen LogP contribution < -0.4 is 11.1 Å². The summed E-state index contributed by atoms with van der Waals surface area (Å²) in [5.41, 5.74) is 5.84. The van der Waals surface area contributed by atoms with E-state index in [0.717, 1.165) is 10.6 Å². The lowest BCUT2D eigenvalue weighted by Crippen LogP contribution is -2.34. The molecule has 1 unspecified atom stereocenters. The molecule has 1 rings (SSSR count). The number of amides is 1. The van der Waals surface area contributed by atoms with Gasteiger partial charge in [-0.15, -0.1) is 11.3 Å². The molecule has 0 aliphatic heterocycles. The molecular weight excluding hydrogens is 202 g/mol. The fraction of sp³-hybridized carbons (Fsp3) is 0.500. The van der Waals surface area contributed by atoms with Crippen LogP contribution in [0.1, 0.15) is 10.6 Å². The number of carbonyl (C=O) groups excluding carboxylic acids is 1. The fourth-order valence-corrected chi connectivity index (χ4v) is 1.65. The summed E-state index contributed by atoms with van der Waals surface area (Å²) >= 11 is 1.48. The highest BCUT2D eigenvalue weighted by Gasteiger charge is 2.11. The molecule has 1 atom stereocenters. The van der Waals surface area contributed by atoms with Gasteiger partial charge in [0.05, 0.1) is 12.2 Å². The molecule has 0 aromatic carbocycles. The zero-order valence-electron chi connectivity index (χ0n) is 8.07. The Labute approximate surface area is 86.0 Å². The van der Waals surface area contributed by atoms with Crippen molar-refractivity contribution < 1.29 is 9.90 Å². The zero-order chi connectivity index (χ0) is 10.7. The van der Waals surface area contributed by atoms with Crippen molar-refractivity contribution in [3.05, 3.63) is 10.6 Å². The monoisotopic (exact) mass is 215 g/mol. The fourth-order valence-electron chi connectivity index (χ4n) is 0.833. The van der Waals surface area contributed by atoms with E-state index < -0.39 is 12.0 Å². The number of primary amides is 1. The van der Waals surface area contributed by atoms with E-state index in [1.165, 1.54) is 11.3 Å². The molecule has 0 spiro atoms. The lowest BCUT2D eigenvalue weighted by molar-refractivity contribution is -0.125. The van der Waals surface area contributed by atoms with E-state index >= 15 is 0 Å². The lowest BCUT2D eigenvalue weighted by Gasteiger charge is -2.06. The Morgan fingerprint density at radius 3 is 2.79 bits per heavy atom. The van der Waals surface area contributed by atoms with Crippen LogP contribution in [-0.2, 0) is 4.79 Å². The summed E-state index contributed by atoms with van der Waals surface area (Å²) in [4.78, 5) is 15.8. The van der Waals surface area contributed by atoms with Crippen molar-refractivity contribution in [3.8, 4) is 0 Å². The maximum Gasteiger partial charge on any atom is 0.248 e. The van der Waals surface area contributed by atoms with E-state index in [-0.39, 0.29) is 6.54 Å². The van der Waals surface area contributed by atoms with Crippen LogP contribution in [0.5, 0.6) is 0 Å². The highest BCUT2D eigenvalue weighted by atomic mass is 32.1. The average Bonchev–Trinajstić information content (AvgIpc) is 2.42. The number of aryl methyl sites for hydroxylation is 2. The molecule has 14 heavy (non-hydrogen) atoms. The first-order valence-corrected chi connectivity index (χ1v) is 4.97. The Balaban J connectivity index is 2.50. The summed E-state index contributed by atoms with van der Waals surface area (Å²) in [5, 5.41) is 12.6. The SMILES string of the molecule is Cc1nc(NCC(O)C(N)=O)sc1C. The van der Waals surface area contributed by atoms with E-state index in [1.54, 1.807) is 0 Å². The van der Waals surface area contributed by atoms with E-state index in [2.05, 4.69) is 10.3 Å². The molecule has 1 aromatic heterocycles. The number of nitrogens with one attached hydrogen (secondary N) is 1. The Bertz CT molecular complexity index is 318. The zero-order valence-corrected chi connectivity index (χ0v) is 8.89. The van der Waals surface area contributed by atoms with Crippen LogP contribution in [0.25, 0.3) is 0 Å². The predicted molar refractivity (Wildman–Crippen MR) is 55.3 cm³/mol. The van der Waals surface area contributed by atoms with E-state index in [1.807, 2.05) is 13.8 Å². The second-order valence-electron chi connectivity index (χ2n) is 2.96. The summed E-state index contributed by atoms with van der Waals surface area (Å²) in [5.74, 6) is -0.734. The predicted octanol–water partition coefficient (Wildman–Crippen LogP) is 0.0180. The van der Waals surface area contributed by atoms with Crippen molar-refractivity contribution in [3.63, 3.8) is 0 Å². The molecule has 0 fully saturated rings. The van der Waals surface area contributed by atoms with Crippen LogP contribution >= 0.6 is 11.3 Å². The van der Waals surface area contributed by atoms with Gasteiger partial charge in [-0.05, 0) is 13.8 Å². The Kier molecular flexibility index (Phi) is 3.43. The van der Waals surface area contributed by atoms with Gasteiger partial charge in [0.2, 0.25) is 5.91 Å². The quantitative estimate of drug-likeness (QED) is 0.660. The van der Waals surface area contributed by atoms with Gasteiger partial charge in [-0.2, -0.15) is 0 Å². The van der Waals surface area contributed by atoms with Gasteiger partial charge in [-0.1, -0.05) is 0 Å². The third-order valence-corrected chi connectivity index (χ3v) is 2.83. The molecule has 4 N–H and O–H groups in total. The normalized spacial score (nSPS) is 12.5. The van der Waals surface area contributed by atoms with Gasteiger partial charge in [0.25, 0.3) is 0 Å². The van der Waals surface area contributed by atoms with Crippen molar-refractivity contribution in [1.29, 1.82) is 0 Å². The molecule has 0 radical (unpaired) electrons. The molecule has 5 nitrogen and oxygen atoms in total. The number of rotatable bonds is 4. The minimum Gasteiger partial charge on any atom is -0.381 e. The molecule has 0 saturated carbocycles. The van der Waals surface area contributed by atoms with Gasteiger partial charge in [0.15, 0.2) is 5.13 Å². The average molecular weight is 215 g/mol. The first-order valence-electron chi connectivity index (χ1n) is 4.16. The van der Waals surface area contributed by atoms with Crippen molar-refractivity contribution in [2.45, 2.75) is 20.0 Å². The third-order valence-electron chi connectivity index (χ3n) is 1.80. The number of carbonyl (C=O) groups is 1. The van der Waals surface area contributed by atoms with Crippen molar-refractivity contribution in [2.75, 3.05) is 11.9 Å². The lowest BCUT2D eigenvalue weighted by atomic mass is 10.3. The summed E-state index contributed by atoms with van der Waals surface area (Å²) in [6.07, 6.45) is -1.17. The second kappa shape index (κ2) is 4.39. The number of anilines is 1. The number of nitrogens with zero attached hydrogens (tertiary/aromatic N) is 1. The van der Waals surface area contributed by atoms with Crippen LogP contribution in [0, 0.1) is 13.8 Å². The largest absolute Gasteiger partial charge is 0.381 e. The van der Waals surface area contributed by atoms with E-state index in [9.17, 15) is 4.79 Å². The number of nitrogens with two attached hydrogens (primary N) is 1. The Morgan fingerprint density at radius 1 is 1.71 bits per heavy atom. The minimum absolute atomic E-state index is 0.0989. The highest BCUT2D eigenvalue weighted by Crippen LogP contribution is 2.20. The smallest absolute Gasteiger partial charge is 0.248 e. The molecule has 78 valence electrons. The standard InChI is InChI=1S/C8H13N3O2S/c1-4-5(2)14-8(11-4)10-3-6(12)7(9)13/h6,12H,3H2,1-2H3,(H2,9,13)(H,10,11). The third kappa shape index (κ3) is 2.68. The summed E-state index contributed by atoms with van der Waals surface area (Å²) in [6, 6.07) is 0. The topological polar surface area (TPSA) is 88.2 Å². The van der Waals surface area contributed by atoms with Gasteiger partial charge in [0.1, 0.15) is 6.10 Å². The number of aliphatic hydroxyl groups excluding tert-OH is 1. The van der Waals surface area contributed by atoms with Crippen LogP contribution in [-0.4, -0.2) is 28.6 Å². The summed E-state index contributed by atoms with van der Waals surface area (Å²) in [6.45, 7) is 3.96. The van der Waals surface area contributed by atoms with E-state index in [4.69, 9.17) is 10.8 Å². The molecule has 0 bridgehead atoms. The molecule has 1 aromatic rings. The van der Waals surface area contributed by atoms with Gasteiger partial charge in [-0.3, -0.25) is 4.79 Å². The maximum absolute atomic E-state index is 10.5. The van der Waals surface area contributed by atoms with Crippen molar-refractivity contribution in [1.82, 2.24) is 4.98 Å². The first-order chi connectivity index (χ1) is 6.50. The highest BCUT2D eigenvalue weighted by molar-refractivity contribution is 7.15. The molecular formula is C8H13N3O2S. The van der Waals surface area contributed by atoms with Gasteiger partial charge >= 0.3 is 0 Å². The molecule has 0 aliphatic carbocycles. The van der Waals surface area contributed by atoms with Crippen molar-refractivity contribution >= 4 is 22.4 Å². The minimum atomic E-state index is -1.17. The van der Waals surface area contributed by atoms with E-state index in [0.29, 0.717) is 5.13 Å². The van der Waals surface area contributed by atoms with Gasteiger partial charge < -0.3 is 16.2 Å². The van der Waals surface area contributed by atoms with Crippen LogP contribution in [0.4, 0.5) is 5.13 Å². The van der Waals surface area contributed by atoms with Gasteiger partial charge in [0, 0.05) is 4.88 Å². The van der Waals surface area contributed by atoms with Crippen molar-refractivity contribution in [2.24, 2.45) is 5.73 Å². The maximum atomic E-state index is 10.5. The molecule has 0 saturated heterocycles. The van der Waals surface area contributed by atoms with Crippen LogP contribution in [0.15, 0.2) is 0 Å². The summed E-state index contributed by atoms with van der Waals surface area (Å²) in [7, 11) is 0. The number of hydrogen-bond donors (Lipinski definition) is 3. The first kappa shape index (κ1) is 10.9. The number of hydrogen-bond acceptors (Lipinski definition) is 5. The molecule has 6 heteroatoms. The van der Waals surface area contributed by atoms with Crippen LogP contribution in [0.2, 0.25) is 0 Å². The van der Waals surface area contributed by atoms with Gasteiger partial charge in [-0.25, -0.2) is 4.98 Å². The molecule has 1 heterocycles. The molecule has 0 aliphatic rings. The number of aliphatic hydroxyl groups is 1. The number of aromatic nitrogens is 1. The second-order valence-corrected chi connectivity index (χ2v) is 4.16. The Morgan fingerprint density at radius 2 is 2.36 bits per heavy atom. The Hall–Kier alpha value is -1.14. The molecule has 1 amide bonds. The number of thiazole rings is 1. The van der Waals surface area contributed by atoms with Crippen LogP contribution in [0.3, 0.4) is 0 Å². The summed E-state index contributed by atoms with van der Waals surface area (Å²) < 4.78 is 0.